The van der Waals surface area contributed by atoms with E-state index < -0.39 is 0 Å². The van der Waals surface area contributed by atoms with Gasteiger partial charge in [0.25, 0.3) is 0 Å². The maximum atomic E-state index is 5.47. The van der Waals surface area contributed by atoms with Crippen LogP contribution in [-0.2, 0) is 13.0 Å². The fourth-order valence-electron chi connectivity index (χ4n) is 2.37. The number of rotatable bonds is 1. The maximum Gasteiger partial charge on any atom is 0.231 e. The zero-order valence-corrected chi connectivity index (χ0v) is 10.8. The molecule has 94 valence electrons. The van der Waals surface area contributed by atoms with Gasteiger partial charge in [0.05, 0.1) is 7.11 Å². The minimum Gasteiger partial charge on any atom is -0.492 e. The lowest BCUT2D eigenvalue weighted by Gasteiger charge is -2.26. The molecule has 2 aliphatic heterocycles. The zero-order chi connectivity index (χ0) is 11.1. The van der Waals surface area contributed by atoms with Crippen LogP contribution in [0.1, 0.15) is 11.1 Å². The summed E-state index contributed by atoms with van der Waals surface area (Å²) in [5, 5.41) is 0. The number of hydrogen-bond donors (Lipinski definition) is 0. The molecule has 0 saturated heterocycles. The van der Waals surface area contributed by atoms with Gasteiger partial charge < -0.3 is 19.1 Å². The number of ether oxygens (including phenoxy) is 3. The number of fused-ring (bicyclic) bond motifs is 2. The molecule has 5 heteroatoms. The molecule has 2 aliphatic rings. The summed E-state index contributed by atoms with van der Waals surface area (Å²) in [6.07, 6.45) is 1.04. The second kappa shape index (κ2) is 4.63. The normalized spacial score (nSPS) is 17.3. The van der Waals surface area contributed by atoms with Crippen LogP contribution in [0, 0.1) is 0 Å². The number of benzene rings is 1. The molecule has 0 unspecified atom stereocenters. The van der Waals surface area contributed by atoms with Crippen LogP contribution in [0.25, 0.3) is 0 Å². The largest absolute Gasteiger partial charge is 0.492 e. The molecule has 4 nitrogen and oxygen atoms in total. The van der Waals surface area contributed by atoms with Crippen LogP contribution in [-0.4, -0.2) is 32.4 Å². The topological polar surface area (TPSA) is 30.9 Å². The molecule has 1 aromatic carbocycles. The van der Waals surface area contributed by atoms with Crippen LogP contribution in [0.5, 0.6) is 17.2 Å². The SMILES string of the molecule is COc1c2c(cc3c1OCO3)CCN(C)C2.Cl. The van der Waals surface area contributed by atoms with Gasteiger partial charge in [-0.05, 0) is 25.1 Å². The lowest BCUT2D eigenvalue weighted by atomic mass is 9.98. The molecule has 0 atom stereocenters. The van der Waals surface area contributed by atoms with Crippen molar-refractivity contribution in [1.29, 1.82) is 0 Å². The molecule has 0 radical (unpaired) electrons. The van der Waals surface area contributed by atoms with Gasteiger partial charge in [0, 0.05) is 18.7 Å². The van der Waals surface area contributed by atoms with Crippen molar-refractivity contribution in [3.8, 4) is 17.2 Å². The van der Waals surface area contributed by atoms with Crippen molar-refractivity contribution >= 4 is 12.4 Å². The van der Waals surface area contributed by atoms with Gasteiger partial charge in [-0.2, -0.15) is 0 Å². The molecule has 0 spiro atoms. The molecule has 0 saturated carbocycles. The minimum absolute atomic E-state index is 0. The molecule has 2 heterocycles. The standard InChI is InChI=1S/C12H15NO3.ClH/c1-13-4-3-8-5-10-12(16-7-15-10)11(14-2)9(8)6-13;/h5H,3-4,6-7H2,1-2H3;1H. The number of hydrogen-bond acceptors (Lipinski definition) is 4. The molecule has 0 amide bonds. The van der Waals surface area contributed by atoms with Gasteiger partial charge in [-0.15, -0.1) is 12.4 Å². The fourth-order valence-corrected chi connectivity index (χ4v) is 2.37. The Labute approximate surface area is 107 Å². The van der Waals surface area contributed by atoms with E-state index in [4.69, 9.17) is 14.2 Å². The van der Waals surface area contributed by atoms with Crippen molar-refractivity contribution in [3.05, 3.63) is 17.2 Å². The average molecular weight is 258 g/mol. The van der Waals surface area contributed by atoms with Crippen molar-refractivity contribution in [1.82, 2.24) is 4.90 Å². The summed E-state index contributed by atoms with van der Waals surface area (Å²) in [5.74, 6) is 2.42. The highest BCUT2D eigenvalue weighted by Crippen LogP contribution is 2.46. The van der Waals surface area contributed by atoms with Crippen LogP contribution >= 0.6 is 12.4 Å². The summed E-state index contributed by atoms with van der Waals surface area (Å²) in [5.41, 5.74) is 2.56. The third kappa shape index (κ3) is 1.91. The van der Waals surface area contributed by atoms with E-state index in [2.05, 4.69) is 18.0 Å². The first-order chi connectivity index (χ1) is 7.79. The number of halogens is 1. The Bertz CT molecular complexity index is 436. The first-order valence-electron chi connectivity index (χ1n) is 5.46. The predicted octanol–water partition coefficient (Wildman–Crippen LogP) is 1.83. The van der Waals surface area contributed by atoms with Crippen LogP contribution in [0.4, 0.5) is 0 Å². The molecule has 0 aromatic heterocycles. The summed E-state index contributed by atoms with van der Waals surface area (Å²) in [6, 6.07) is 2.09. The van der Waals surface area contributed by atoms with E-state index in [1.807, 2.05) is 0 Å². The maximum absolute atomic E-state index is 5.47. The molecular weight excluding hydrogens is 242 g/mol. The molecule has 1 aromatic rings. The van der Waals surface area contributed by atoms with Gasteiger partial charge in [0.15, 0.2) is 11.5 Å². The second-order valence-corrected chi connectivity index (χ2v) is 4.27. The Morgan fingerprint density at radius 3 is 2.94 bits per heavy atom. The molecule has 17 heavy (non-hydrogen) atoms. The van der Waals surface area contributed by atoms with Crippen molar-refractivity contribution < 1.29 is 14.2 Å². The van der Waals surface area contributed by atoms with Gasteiger partial charge in [0.2, 0.25) is 12.5 Å². The number of likely N-dealkylation sites (N-methyl/N-ethyl adjacent to an activating group) is 1. The first-order valence-corrected chi connectivity index (χ1v) is 5.46. The third-order valence-electron chi connectivity index (χ3n) is 3.21. The molecule has 0 N–H and O–H groups in total. The monoisotopic (exact) mass is 257 g/mol. The summed E-state index contributed by atoms with van der Waals surface area (Å²) >= 11 is 0. The van der Waals surface area contributed by atoms with E-state index in [1.165, 1.54) is 11.1 Å². The van der Waals surface area contributed by atoms with Crippen LogP contribution in [0.15, 0.2) is 6.07 Å². The van der Waals surface area contributed by atoms with Gasteiger partial charge in [-0.3, -0.25) is 0 Å². The summed E-state index contributed by atoms with van der Waals surface area (Å²) in [4.78, 5) is 2.28. The smallest absolute Gasteiger partial charge is 0.231 e. The van der Waals surface area contributed by atoms with E-state index >= 15 is 0 Å². The van der Waals surface area contributed by atoms with E-state index in [9.17, 15) is 0 Å². The van der Waals surface area contributed by atoms with Crippen LogP contribution in [0.3, 0.4) is 0 Å². The molecule has 3 rings (SSSR count). The first kappa shape index (κ1) is 12.3. The number of methoxy groups -OCH3 is 1. The number of nitrogens with zero attached hydrogens (tertiary/aromatic N) is 1. The lowest BCUT2D eigenvalue weighted by Crippen LogP contribution is -2.26. The fraction of sp³-hybridized carbons (Fsp3) is 0.500. The van der Waals surface area contributed by atoms with Crippen molar-refractivity contribution in [2.24, 2.45) is 0 Å². The van der Waals surface area contributed by atoms with Crippen LogP contribution < -0.4 is 14.2 Å². The summed E-state index contributed by atoms with van der Waals surface area (Å²) in [7, 11) is 3.80. The Kier molecular flexibility index (Phi) is 3.35. The van der Waals surface area contributed by atoms with E-state index in [0.29, 0.717) is 6.79 Å². The molecule has 0 fully saturated rings. The minimum atomic E-state index is 0. The highest BCUT2D eigenvalue weighted by atomic mass is 35.5. The van der Waals surface area contributed by atoms with E-state index in [0.717, 1.165) is 36.8 Å². The van der Waals surface area contributed by atoms with Crippen LogP contribution in [0.2, 0.25) is 0 Å². The Morgan fingerprint density at radius 2 is 2.18 bits per heavy atom. The second-order valence-electron chi connectivity index (χ2n) is 4.27. The van der Waals surface area contributed by atoms with Crippen molar-refractivity contribution in [2.45, 2.75) is 13.0 Å². The predicted molar refractivity (Wildman–Crippen MR) is 66.4 cm³/mol. The molecule has 0 aliphatic carbocycles. The van der Waals surface area contributed by atoms with Crippen molar-refractivity contribution in [3.63, 3.8) is 0 Å². The van der Waals surface area contributed by atoms with Crippen molar-refractivity contribution in [2.75, 3.05) is 27.5 Å². The summed E-state index contributed by atoms with van der Waals surface area (Å²) in [6.45, 7) is 2.29. The Balaban J connectivity index is 0.00000108. The Morgan fingerprint density at radius 1 is 1.35 bits per heavy atom. The molecule has 0 bridgehead atoms. The van der Waals surface area contributed by atoms with E-state index in [1.54, 1.807) is 7.11 Å². The van der Waals surface area contributed by atoms with Gasteiger partial charge >= 0.3 is 0 Å². The van der Waals surface area contributed by atoms with Gasteiger partial charge in [-0.25, -0.2) is 0 Å². The lowest BCUT2D eigenvalue weighted by molar-refractivity contribution is 0.171. The highest BCUT2D eigenvalue weighted by molar-refractivity contribution is 5.85. The highest BCUT2D eigenvalue weighted by Gasteiger charge is 2.27. The van der Waals surface area contributed by atoms with Gasteiger partial charge in [-0.1, -0.05) is 0 Å². The Hall–Kier alpha value is -1.13. The summed E-state index contributed by atoms with van der Waals surface area (Å²) < 4.78 is 16.3. The zero-order valence-electron chi connectivity index (χ0n) is 9.99. The van der Waals surface area contributed by atoms with Gasteiger partial charge in [0.1, 0.15) is 0 Å². The molecular formula is C12H16ClNO3. The average Bonchev–Trinajstić information content (AvgIpc) is 2.73. The third-order valence-corrected chi connectivity index (χ3v) is 3.21. The quantitative estimate of drug-likeness (QED) is 0.768. The van der Waals surface area contributed by atoms with E-state index in [-0.39, 0.29) is 12.4 Å².